The average molecular weight is 261 g/mol. The largest absolute Gasteiger partial charge is 0.463 e. The predicted molar refractivity (Wildman–Crippen MR) is 70.3 cm³/mol. The summed E-state index contributed by atoms with van der Waals surface area (Å²) >= 11 is 0. The third-order valence-electron chi connectivity index (χ3n) is 2.48. The fourth-order valence-electron chi connectivity index (χ4n) is 1.58. The van der Waals surface area contributed by atoms with Crippen LogP contribution in [0.2, 0.25) is 0 Å². The predicted octanol–water partition coefficient (Wildman–Crippen LogP) is 1.20. The monoisotopic (exact) mass is 261 g/mol. The van der Waals surface area contributed by atoms with E-state index in [1.165, 1.54) is 0 Å². The van der Waals surface area contributed by atoms with Gasteiger partial charge in [0.15, 0.2) is 0 Å². The van der Waals surface area contributed by atoms with E-state index in [0.717, 1.165) is 12.8 Å². The highest BCUT2D eigenvalue weighted by Crippen LogP contribution is 2.11. The van der Waals surface area contributed by atoms with Gasteiger partial charge in [-0.1, -0.05) is 13.8 Å². The molecule has 0 aromatic heterocycles. The summed E-state index contributed by atoms with van der Waals surface area (Å²) in [4.78, 5) is 11.7. The second kappa shape index (κ2) is 11.4. The van der Waals surface area contributed by atoms with Crippen molar-refractivity contribution in [3.63, 3.8) is 0 Å². The Kier molecular flexibility index (Phi) is 11.0. The number of ether oxygens (including phenoxy) is 3. The van der Waals surface area contributed by atoms with Crippen LogP contribution in [0.25, 0.3) is 0 Å². The van der Waals surface area contributed by atoms with E-state index in [9.17, 15) is 4.79 Å². The smallest absolute Gasteiger partial charge is 0.310 e. The molecule has 0 rings (SSSR count). The van der Waals surface area contributed by atoms with Crippen LogP contribution in [0.5, 0.6) is 0 Å². The van der Waals surface area contributed by atoms with Crippen LogP contribution < -0.4 is 5.73 Å². The third-order valence-corrected chi connectivity index (χ3v) is 2.48. The maximum atomic E-state index is 11.7. The summed E-state index contributed by atoms with van der Waals surface area (Å²) in [6.45, 7) is 6.49. The molecule has 5 heteroatoms. The highest BCUT2D eigenvalue weighted by molar-refractivity contribution is 5.72. The number of hydrogen-bond donors (Lipinski definition) is 1. The molecule has 0 spiro atoms. The molecule has 1 unspecified atom stereocenters. The molecule has 0 amide bonds. The Bertz CT molecular complexity index is 209. The van der Waals surface area contributed by atoms with Gasteiger partial charge in [-0.25, -0.2) is 0 Å². The lowest BCUT2D eigenvalue weighted by Crippen LogP contribution is -2.28. The van der Waals surface area contributed by atoms with Crippen LogP contribution in [0.15, 0.2) is 0 Å². The molecule has 1 atom stereocenters. The topological polar surface area (TPSA) is 70.8 Å². The molecule has 0 aliphatic heterocycles. The van der Waals surface area contributed by atoms with Crippen LogP contribution in [0, 0.1) is 11.8 Å². The molecule has 5 nitrogen and oxygen atoms in total. The summed E-state index contributed by atoms with van der Waals surface area (Å²) in [6, 6.07) is 0. The number of carbonyl (C=O) groups excluding carboxylic acids is 1. The molecule has 0 radical (unpaired) electrons. The summed E-state index contributed by atoms with van der Waals surface area (Å²) in [7, 11) is 1.66. The van der Waals surface area contributed by atoms with Crippen LogP contribution in [0.4, 0.5) is 0 Å². The summed E-state index contributed by atoms with van der Waals surface area (Å²) < 4.78 is 15.3. The minimum atomic E-state index is -0.216. The number of methoxy groups -OCH3 is 1. The molecule has 0 saturated heterocycles. The van der Waals surface area contributed by atoms with Crippen molar-refractivity contribution in [2.24, 2.45) is 17.6 Å². The van der Waals surface area contributed by atoms with E-state index in [4.69, 9.17) is 19.9 Å². The number of rotatable bonds is 11. The van der Waals surface area contributed by atoms with Crippen molar-refractivity contribution in [1.82, 2.24) is 0 Å². The standard InChI is InChI=1S/C13H27NO4/c1-11(2)9-12(10-14)13(15)18-8-7-17-6-4-5-16-3/h11-12H,4-10,14H2,1-3H3. The lowest BCUT2D eigenvalue weighted by molar-refractivity contribution is -0.150. The Morgan fingerprint density at radius 2 is 1.89 bits per heavy atom. The van der Waals surface area contributed by atoms with Gasteiger partial charge in [0.05, 0.1) is 12.5 Å². The Labute approximate surface area is 110 Å². The van der Waals surface area contributed by atoms with Crippen LogP contribution in [0.3, 0.4) is 0 Å². The van der Waals surface area contributed by atoms with Crippen LogP contribution >= 0.6 is 0 Å². The molecule has 0 aromatic carbocycles. The van der Waals surface area contributed by atoms with E-state index in [1.807, 2.05) is 0 Å². The number of nitrogens with two attached hydrogens (primary N) is 1. The van der Waals surface area contributed by atoms with Gasteiger partial charge in [-0.3, -0.25) is 4.79 Å². The van der Waals surface area contributed by atoms with Crippen molar-refractivity contribution in [3.8, 4) is 0 Å². The maximum absolute atomic E-state index is 11.7. The van der Waals surface area contributed by atoms with Gasteiger partial charge in [-0.15, -0.1) is 0 Å². The summed E-state index contributed by atoms with van der Waals surface area (Å²) in [5.74, 6) is 0.0292. The zero-order valence-electron chi connectivity index (χ0n) is 11.8. The minimum Gasteiger partial charge on any atom is -0.463 e. The molecular formula is C13H27NO4. The fraction of sp³-hybridized carbons (Fsp3) is 0.923. The van der Waals surface area contributed by atoms with Crippen LogP contribution in [-0.4, -0.2) is 46.1 Å². The first-order valence-electron chi connectivity index (χ1n) is 6.55. The van der Waals surface area contributed by atoms with Crippen molar-refractivity contribution in [3.05, 3.63) is 0 Å². The van der Waals surface area contributed by atoms with Gasteiger partial charge >= 0.3 is 5.97 Å². The first kappa shape index (κ1) is 17.4. The van der Waals surface area contributed by atoms with Crippen molar-refractivity contribution < 1.29 is 19.0 Å². The zero-order valence-corrected chi connectivity index (χ0v) is 11.8. The van der Waals surface area contributed by atoms with Gasteiger partial charge in [0, 0.05) is 26.9 Å². The molecule has 0 aliphatic rings. The van der Waals surface area contributed by atoms with Gasteiger partial charge < -0.3 is 19.9 Å². The van der Waals surface area contributed by atoms with Gasteiger partial charge in [0.25, 0.3) is 0 Å². The molecule has 18 heavy (non-hydrogen) atoms. The summed E-state index contributed by atoms with van der Waals surface area (Å²) in [6.07, 6.45) is 1.62. The number of carbonyl (C=O) groups is 1. The molecule has 2 N–H and O–H groups in total. The SMILES string of the molecule is COCCCOCCOC(=O)C(CN)CC(C)C. The Balaban J connectivity index is 3.56. The third kappa shape index (κ3) is 9.39. The molecule has 0 aromatic rings. The van der Waals surface area contributed by atoms with E-state index in [1.54, 1.807) is 7.11 Å². The second-order valence-electron chi connectivity index (χ2n) is 4.69. The van der Waals surface area contributed by atoms with E-state index < -0.39 is 0 Å². The molecule has 0 saturated carbocycles. The van der Waals surface area contributed by atoms with Crippen molar-refractivity contribution in [1.29, 1.82) is 0 Å². The molecule has 0 fully saturated rings. The van der Waals surface area contributed by atoms with Crippen molar-refractivity contribution in [2.75, 3.05) is 40.1 Å². The maximum Gasteiger partial charge on any atom is 0.310 e. The summed E-state index contributed by atoms with van der Waals surface area (Å²) in [5, 5.41) is 0. The quantitative estimate of drug-likeness (QED) is 0.447. The van der Waals surface area contributed by atoms with E-state index >= 15 is 0 Å². The highest BCUT2D eigenvalue weighted by atomic mass is 16.6. The average Bonchev–Trinajstić information content (AvgIpc) is 2.34. The second-order valence-corrected chi connectivity index (χ2v) is 4.69. The van der Waals surface area contributed by atoms with Crippen molar-refractivity contribution >= 4 is 5.97 Å². The number of hydrogen-bond acceptors (Lipinski definition) is 5. The summed E-state index contributed by atoms with van der Waals surface area (Å²) in [5.41, 5.74) is 5.56. The van der Waals surface area contributed by atoms with Crippen LogP contribution in [-0.2, 0) is 19.0 Å². The van der Waals surface area contributed by atoms with E-state index in [2.05, 4.69) is 13.8 Å². The molecule has 0 aliphatic carbocycles. The lowest BCUT2D eigenvalue weighted by atomic mass is 9.97. The Hall–Kier alpha value is -0.650. The van der Waals surface area contributed by atoms with Gasteiger partial charge in [-0.05, 0) is 18.8 Å². The van der Waals surface area contributed by atoms with Gasteiger partial charge in [0.2, 0.25) is 0 Å². The highest BCUT2D eigenvalue weighted by Gasteiger charge is 2.19. The Morgan fingerprint density at radius 3 is 2.44 bits per heavy atom. The lowest BCUT2D eigenvalue weighted by Gasteiger charge is -2.15. The van der Waals surface area contributed by atoms with Gasteiger partial charge in [0.1, 0.15) is 6.61 Å². The van der Waals surface area contributed by atoms with E-state index in [0.29, 0.717) is 38.9 Å². The Morgan fingerprint density at radius 1 is 1.17 bits per heavy atom. The first-order valence-corrected chi connectivity index (χ1v) is 6.55. The first-order chi connectivity index (χ1) is 8.61. The fourth-order valence-corrected chi connectivity index (χ4v) is 1.58. The normalized spacial score (nSPS) is 12.7. The molecule has 0 bridgehead atoms. The number of esters is 1. The van der Waals surface area contributed by atoms with E-state index in [-0.39, 0.29) is 11.9 Å². The molecular weight excluding hydrogens is 234 g/mol. The van der Waals surface area contributed by atoms with Crippen LogP contribution in [0.1, 0.15) is 26.7 Å². The zero-order chi connectivity index (χ0) is 13.8. The molecule has 108 valence electrons. The molecule has 0 heterocycles. The van der Waals surface area contributed by atoms with Crippen molar-refractivity contribution in [2.45, 2.75) is 26.7 Å². The van der Waals surface area contributed by atoms with Gasteiger partial charge in [-0.2, -0.15) is 0 Å². The minimum absolute atomic E-state index is 0.196.